The van der Waals surface area contributed by atoms with E-state index in [0.717, 1.165) is 17.7 Å². The van der Waals surface area contributed by atoms with Crippen molar-refractivity contribution < 1.29 is 18.0 Å². The molecule has 144 valence electrons. The van der Waals surface area contributed by atoms with E-state index >= 15 is 0 Å². The van der Waals surface area contributed by atoms with Gasteiger partial charge in [0, 0.05) is 17.1 Å². The molecule has 0 aliphatic carbocycles. The Kier molecular flexibility index (Phi) is 5.30. The van der Waals surface area contributed by atoms with E-state index in [4.69, 9.17) is 0 Å². The third-order valence-electron chi connectivity index (χ3n) is 3.83. The fourth-order valence-electron chi connectivity index (χ4n) is 2.53. The number of alkyl halides is 3. The van der Waals surface area contributed by atoms with Crippen molar-refractivity contribution >= 4 is 23.2 Å². The highest BCUT2D eigenvalue weighted by Crippen LogP contribution is 2.30. The second kappa shape index (κ2) is 7.67. The molecule has 0 fully saturated rings. The van der Waals surface area contributed by atoms with E-state index in [1.165, 1.54) is 18.2 Å². The summed E-state index contributed by atoms with van der Waals surface area (Å²) in [6.07, 6.45) is -4.40. The molecule has 0 aliphatic heterocycles. The van der Waals surface area contributed by atoms with Crippen LogP contribution < -0.4 is 10.6 Å². The molecule has 0 atom stereocenters. The van der Waals surface area contributed by atoms with Crippen LogP contribution in [0.4, 0.5) is 30.5 Å². The minimum Gasteiger partial charge on any atom is -0.324 e. The number of carbonyl (C=O) groups is 1. The molecule has 0 bridgehead atoms. The van der Waals surface area contributed by atoms with Crippen LogP contribution in [-0.2, 0) is 6.18 Å². The fraction of sp³-hybridized carbons (Fsp3) is 0.150. The van der Waals surface area contributed by atoms with Gasteiger partial charge in [-0.25, -0.2) is 9.97 Å². The maximum absolute atomic E-state index is 12.7. The van der Waals surface area contributed by atoms with Crippen LogP contribution in [0.15, 0.2) is 54.6 Å². The number of hydrogen-bond donors (Lipinski definition) is 2. The molecule has 0 aliphatic rings. The third kappa shape index (κ3) is 4.85. The SMILES string of the molecule is Cc1cccc(NC(=O)c2cc(C)nc(Nc3ccc(C(F)(F)F)cc3)n2)c1. The van der Waals surface area contributed by atoms with E-state index in [1.807, 2.05) is 25.1 Å². The predicted octanol–water partition coefficient (Wildman–Crippen LogP) is 5.11. The molecule has 1 heterocycles. The Morgan fingerprint density at radius 1 is 0.929 bits per heavy atom. The van der Waals surface area contributed by atoms with Crippen molar-refractivity contribution in [2.75, 3.05) is 10.6 Å². The summed E-state index contributed by atoms with van der Waals surface area (Å²) in [5.74, 6) is -0.291. The lowest BCUT2D eigenvalue weighted by molar-refractivity contribution is -0.137. The van der Waals surface area contributed by atoms with Gasteiger partial charge in [0.2, 0.25) is 5.95 Å². The van der Waals surface area contributed by atoms with Crippen LogP contribution in [0.25, 0.3) is 0 Å². The molecule has 5 nitrogen and oxygen atoms in total. The van der Waals surface area contributed by atoms with Gasteiger partial charge in [-0.1, -0.05) is 12.1 Å². The first-order valence-corrected chi connectivity index (χ1v) is 8.39. The molecule has 0 spiro atoms. The molecule has 2 N–H and O–H groups in total. The summed E-state index contributed by atoms with van der Waals surface area (Å²) >= 11 is 0. The number of amides is 1. The third-order valence-corrected chi connectivity index (χ3v) is 3.83. The Morgan fingerprint density at radius 2 is 1.64 bits per heavy atom. The number of rotatable bonds is 4. The fourth-order valence-corrected chi connectivity index (χ4v) is 2.53. The molecule has 28 heavy (non-hydrogen) atoms. The van der Waals surface area contributed by atoms with Gasteiger partial charge in [0.25, 0.3) is 5.91 Å². The Bertz CT molecular complexity index is 1000. The van der Waals surface area contributed by atoms with Crippen molar-refractivity contribution in [3.8, 4) is 0 Å². The quantitative estimate of drug-likeness (QED) is 0.654. The zero-order valence-corrected chi connectivity index (χ0v) is 15.1. The first kappa shape index (κ1) is 19.3. The molecule has 0 saturated carbocycles. The molecular formula is C20H17F3N4O. The molecule has 3 aromatic rings. The minimum atomic E-state index is -4.40. The van der Waals surface area contributed by atoms with Crippen molar-refractivity contribution in [2.24, 2.45) is 0 Å². The van der Waals surface area contributed by atoms with Gasteiger partial charge in [-0.2, -0.15) is 13.2 Å². The van der Waals surface area contributed by atoms with Crippen LogP contribution in [0.1, 0.15) is 27.3 Å². The van der Waals surface area contributed by atoms with Gasteiger partial charge >= 0.3 is 6.18 Å². The van der Waals surface area contributed by atoms with Gasteiger partial charge in [0.1, 0.15) is 5.69 Å². The number of nitrogens with zero attached hydrogens (tertiary/aromatic N) is 2. The molecule has 2 aromatic carbocycles. The Morgan fingerprint density at radius 3 is 2.29 bits per heavy atom. The van der Waals surface area contributed by atoms with Crippen molar-refractivity contribution in [3.63, 3.8) is 0 Å². The van der Waals surface area contributed by atoms with E-state index in [-0.39, 0.29) is 11.6 Å². The smallest absolute Gasteiger partial charge is 0.324 e. The molecule has 3 rings (SSSR count). The zero-order valence-electron chi connectivity index (χ0n) is 15.1. The Balaban J connectivity index is 1.78. The lowest BCUT2D eigenvalue weighted by atomic mass is 10.2. The number of halogens is 3. The lowest BCUT2D eigenvalue weighted by Gasteiger charge is -2.10. The van der Waals surface area contributed by atoms with Crippen molar-refractivity contribution in [1.29, 1.82) is 0 Å². The summed E-state index contributed by atoms with van der Waals surface area (Å²) < 4.78 is 38.0. The highest BCUT2D eigenvalue weighted by Gasteiger charge is 2.29. The van der Waals surface area contributed by atoms with E-state index < -0.39 is 17.6 Å². The highest BCUT2D eigenvalue weighted by molar-refractivity contribution is 6.03. The monoisotopic (exact) mass is 386 g/mol. The standard InChI is InChI=1S/C20H17F3N4O/c1-12-4-3-5-16(10-12)25-18(28)17-11-13(2)24-19(27-17)26-15-8-6-14(7-9-15)20(21,22)23/h3-11H,1-2H3,(H,25,28)(H,24,26,27). The number of hydrogen-bond acceptors (Lipinski definition) is 4. The first-order chi connectivity index (χ1) is 13.2. The van der Waals surface area contributed by atoms with Crippen LogP contribution >= 0.6 is 0 Å². The molecule has 8 heteroatoms. The second-order valence-corrected chi connectivity index (χ2v) is 6.24. The highest BCUT2D eigenvalue weighted by atomic mass is 19.4. The minimum absolute atomic E-state index is 0.120. The Hall–Kier alpha value is -3.42. The summed E-state index contributed by atoms with van der Waals surface area (Å²) in [6.45, 7) is 3.61. The van der Waals surface area contributed by atoms with Gasteiger partial charge < -0.3 is 10.6 Å². The molecular weight excluding hydrogens is 369 g/mol. The van der Waals surface area contributed by atoms with E-state index in [0.29, 0.717) is 17.1 Å². The average molecular weight is 386 g/mol. The van der Waals surface area contributed by atoms with Gasteiger partial charge in [-0.05, 0) is 61.9 Å². The summed E-state index contributed by atoms with van der Waals surface area (Å²) in [5, 5.41) is 5.58. The molecule has 0 unspecified atom stereocenters. The van der Waals surface area contributed by atoms with Crippen molar-refractivity contribution in [3.05, 3.63) is 77.1 Å². The summed E-state index contributed by atoms with van der Waals surface area (Å²) in [7, 11) is 0. The number of anilines is 3. The van der Waals surface area contributed by atoms with Gasteiger partial charge in [0.05, 0.1) is 5.56 Å². The van der Waals surface area contributed by atoms with Crippen molar-refractivity contribution in [2.45, 2.75) is 20.0 Å². The maximum Gasteiger partial charge on any atom is 0.416 e. The number of benzene rings is 2. The number of carbonyl (C=O) groups excluding carboxylic acids is 1. The number of aryl methyl sites for hydroxylation is 2. The Labute approximate surface area is 159 Å². The second-order valence-electron chi connectivity index (χ2n) is 6.24. The van der Waals surface area contributed by atoms with Crippen LogP contribution in [0.3, 0.4) is 0 Å². The first-order valence-electron chi connectivity index (χ1n) is 8.39. The number of aromatic nitrogens is 2. The van der Waals surface area contributed by atoms with E-state index in [1.54, 1.807) is 13.0 Å². The van der Waals surface area contributed by atoms with Gasteiger partial charge in [-0.3, -0.25) is 4.79 Å². The normalized spacial score (nSPS) is 11.2. The van der Waals surface area contributed by atoms with Crippen LogP contribution in [0.5, 0.6) is 0 Å². The zero-order chi connectivity index (χ0) is 20.3. The van der Waals surface area contributed by atoms with Gasteiger partial charge in [0.15, 0.2) is 0 Å². The predicted molar refractivity (Wildman–Crippen MR) is 101 cm³/mol. The molecule has 1 amide bonds. The van der Waals surface area contributed by atoms with Crippen LogP contribution in [0.2, 0.25) is 0 Å². The molecule has 0 radical (unpaired) electrons. The van der Waals surface area contributed by atoms with Crippen LogP contribution in [0, 0.1) is 13.8 Å². The summed E-state index contributed by atoms with van der Waals surface area (Å²) in [5.41, 5.74) is 1.95. The molecule has 1 aromatic heterocycles. The summed E-state index contributed by atoms with van der Waals surface area (Å²) in [6, 6.07) is 13.3. The van der Waals surface area contributed by atoms with Gasteiger partial charge in [-0.15, -0.1) is 0 Å². The summed E-state index contributed by atoms with van der Waals surface area (Å²) in [4.78, 5) is 20.8. The average Bonchev–Trinajstić information content (AvgIpc) is 2.61. The van der Waals surface area contributed by atoms with Crippen molar-refractivity contribution in [1.82, 2.24) is 9.97 Å². The number of nitrogens with one attached hydrogen (secondary N) is 2. The topological polar surface area (TPSA) is 66.9 Å². The van der Waals surface area contributed by atoms with Crippen LogP contribution in [-0.4, -0.2) is 15.9 Å². The van der Waals surface area contributed by atoms with E-state index in [2.05, 4.69) is 20.6 Å². The van der Waals surface area contributed by atoms with E-state index in [9.17, 15) is 18.0 Å². The molecule has 0 saturated heterocycles. The lowest BCUT2D eigenvalue weighted by Crippen LogP contribution is -2.15. The largest absolute Gasteiger partial charge is 0.416 e. The maximum atomic E-state index is 12.7.